The van der Waals surface area contributed by atoms with Crippen molar-refractivity contribution in [2.75, 3.05) is 5.32 Å². The monoisotopic (exact) mass is 260 g/mol. The lowest BCUT2D eigenvalue weighted by molar-refractivity contribution is -0.305. The van der Waals surface area contributed by atoms with Crippen LogP contribution in [0.15, 0.2) is 18.2 Å². The summed E-state index contributed by atoms with van der Waals surface area (Å²) in [5, 5.41) is 13.3. The Morgan fingerprint density at radius 3 is 2.44 bits per heavy atom. The van der Waals surface area contributed by atoms with Crippen LogP contribution in [-0.4, -0.2) is 11.9 Å². The van der Waals surface area contributed by atoms with Crippen LogP contribution < -0.4 is 10.4 Å². The second-order valence-corrected chi connectivity index (χ2v) is 3.86. The highest BCUT2D eigenvalue weighted by Crippen LogP contribution is 2.24. The maximum atomic E-state index is 11.2. The minimum absolute atomic E-state index is 0.136. The molecular weight excluding hydrogens is 253 g/mol. The Kier molecular flexibility index (Phi) is 4.58. The van der Waals surface area contributed by atoms with E-state index in [0.29, 0.717) is 15.7 Å². The number of hydrogen-bond acceptors (Lipinski definition) is 3. The maximum absolute atomic E-state index is 11.2. The van der Waals surface area contributed by atoms with Crippen molar-refractivity contribution in [2.24, 2.45) is 0 Å². The Labute approximate surface area is 102 Å². The molecule has 86 valence electrons. The summed E-state index contributed by atoms with van der Waals surface area (Å²) in [6.45, 7) is 0. The molecule has 1 aromatic carbocycles. The third-order valence-electron chi connectivity index (χ3n) is 1.76. The normalized spacial score (nSPS) is 9.88. The van der Waals surface area contributed by atoms with Crippen LogP contribution in [0.4, 0.5) is 5.69 Å². The number of carbonyl (C=O) groups excluding carboxylic acids is 2. The lowest BCUT2D eigenvalue weighted by atomic mass is 10.2. The van der Waals surface area contributed by atoms with Crippen molar-refractivity contribution in [1.82, 2.24) is 0 Å². The molecule has 0 saturated carbocycles. The fourth-order valence-corrected chi connectivity index (χ4v) is 1.31. The molecule has 1 aromatic rings. The van der Waals surface area contributed by atoms with Gasteiger partial charge in [-0.05, 0) is 24.6 Å². The van der Waals surface area contributed by atoms with Crippen molar-refractivity contribution >= 4 is 40.8 Å². The van der Waals surface area contributed by atoms with Gasteiger partial charge in [0, 0.05) is 18.1 Å². The van der Waals surface area contributed by atoms with E-state index in [-0.39, 0.29) is 12.8 Å². The Bertz CT molecular complexity index is 421. The number of amides is 1. The van der Waals surface area contributed by atoms with Gasteiger partial charge in [-0.15, -0.1) is 0 Å². The molecular formula is C10H8Cl2NO3-. The average Bonchev–Trinajstić information content (AvgIpc) is 2.21. The first-order valence-corrected chi connectivity index (χ1v) is 5.19. The molecule has 1 rings (SSSR count). The van der Waals surface area contributed by atoms with E-state index in [2.05, 4.69) is 5.32 Å². The van der Waals surface area contributed by atoms with Crippen molar-refractivity contribution in [3.63, 3.8) is 0 Å². The number of benzene rings is 1. The van der Waals surface area contributed by atoms with Crippen LogP contribution >= 0.6 is 23.2 Å². The van der Waals surface area contributed by atoms with E-state index in [1.165, 1.54) is 12.1 Å². The van der Waals surface area contributed by atoms with Crippen LogP contribution in [0.1, 0.15) is 12.8 Å². The van der Waals surface area contributed by atoms with Crippen molar-refractivity contribution in [3.8, 4) is 0 Å². The van der Waals surface area contributed by atoms with Crippen molar-refractivity contribution in [3.05, 3.63) is 28.2 Å². The van der Waals surface area contributed by atoms with E-state index in [1.54, 1.807) is 6.07 Å². The summed E-state index contributed by atoms with van der Waals surface area (Å²) in [5.41, 5.74) is 0.470. The van der Waals surface area contributed by atoms with Crippen LogP contribution in [0.5, 0.6) is 0 Å². The summed E-state index contributed by atoms with van der Waals surface area (Å²) < 4.78 is 0. The summed E-state index contributed by atoms with van der Waals surface area (Å²) in [6.07, 6.45) is -0.449. The molecule has 1 N–H and O–H groups in total. The molecule has 0 aliphatic rings. The predicted molar refractivity (Wildman–Crippen MR) is 59.3 cm³/mol. The molecule has 6 heteroatoms. The van der Waals surface area contributed by atoms with Gasteiger partial charge < -0.3 is 15.2 Å². The average molecular weight is 261 g/mol. The minimum atomic E-state index is -1.26. The Morgan fingerprint density at radius 2 is 1.88 bits per heavy atom. The highest BCUT2D eigenvalue weighted by Gasteiger charge is 2.04. The van der Waals surface area contributed by atoms with E-state index in [0.717, 1.165) is 0 Å². The van der Waals surface area contributed by atoms with Gasteiger partial charge in [0.1, 0.15) is 0 Å². The first-order chi connectivity index (χ1) is 7.49. The standard InChI is InChI=1S/C10H9Cl2NO3/c11-7-2-1-6(5-8(7)12)13-9(14)3-4-10(15)16/h1-2,5H,3-4H2,(H,13,14)(H,15,16)/p-1. The second kappa shape index (κ2) is 5.72. The van der Waals surface area contributed by atoms with Gasteiger partial charge in [-0.1, -0.05) is 23.2 Å². The molecule has 0 fully saturated rings. The molecule has 0 unspecified atom stereocenters. The molecule has 4 nitrogen and oxygen atoms in total. The van der Waals surface area contributed by atoms with Gasteiger partial charge in [0.2, 0.25) is 5.91 Å². The SMILES string of the molecule is O=C([O-])CCC(=O)Nc1ccc(Cl)c(Cl)c1. The van der Waals surface area contributed by atoms with Crippen LogP contribution in [0.25, 0.3) is 0 Å². The maximum Gasteiger partial charge on any atom is 0.224 e. The number of rotatable bonds is 4. The molecule has 0 saturated heterocycles. The van der Waals surface area contributed by atoms with Crippen molar-refractivity contribution in [2.45, 2.75) is 12.8 Å². The third-order valence-corrected chi connectivity index (χ3v) is 2.50. The number of carbonyl (C=O) groups is 2. The zero-order valence-electron chi connectivity index (χ0n) is 8.13. The van der Waals surface area contributed by atoms with E-state index >= 15 is 0 Å². The van der Waals surface area contributed by atoms with Gasteiger partial charge in [0.15, 0.2) is 0 Å². The predicted octanol–water partition coefficient (Wildman–Crippen LogP) is 1.46. The van der Waals surface area contributed by atoms with Crippen molar-refractivity contribution < 1.29 is 14.7 Å². The van der Waals surface area contributed by atoms with Gasteiger partial charge in [-0.2, -0.15) is 0 Å². The summed E-state index contributed by atoms with van der Waals surface area (Å²) >= 11 is 11.4. The third kappa shape index (κ3) is 4.08. The van der Waals surface area contributed by atoms with Gasteiger partial charge in [0.25, 0.3) is 0 Å². The van der Waals surface area contributed by atoms with Crippen LogP contribution in [0, 0.1) is 0 Å². The number of aliphatic carboxylic acids is 1. The summed E-state index contributed by atoms with van der Waals surface area (Å²) in [6, 6.07) is 4.60. The number of hydrogen-bond donors (Lipinski definition) is 1. The highest BCUT2D eigenvalue weighted by atomic mass is 35.5. The fraction of sp³-hybridized carbons (Fsp3) is 0.200. The van der Waals surface area contributed by atoms with Crippen LogP contribution in [-0.2, 0) is 9.59 Å². The number of carboxylic acids is 1. The number of nitrogens with one attached hydrogen (secondary N) is 1. The zero-order valence-corrected chi connectivity index (χ0v) is 9.64. The quantitative estimate of drug-likeness (QED) is 0.892. The molecule has 0 radical (unpaired) electrons. The number of halogens is 2. The molecule has 0 spiro atoms. The van der Waals surface area contributed by atoms with Crippen LogP contribution in [0.2, 0.25) is 10.0 Å². The number of anilines is 1. The van der Waals surface area contributed by atoms with Gasteiger partial charge >= 0.3 is 0 Å². The van der Waals surface area contributed by atoms with Crippen LogP contribution in [0.3, 0.4) is 0 Å². The molecule has 0 aromatic heterocycles. The topological polar surface area (TPSA) is 69.2 Å². The minimum Gasteiger partial charge on any atom is -0.550 e. The molecule has 0 aliphatic heterocycles. The van der Waals surface area contributed by atoms with E-state index in [9.17, 15) is 14.7 Å². The Balaban J connectivity index is 2.56. The van der Waals surface area contributed by atoms with Gasteiger partial charge in [0.05, 0.1) is 10.0 Å². The van der Waals surface area contributed by atoms with Gasteiger partial charge in [-0.25, -0.2) is 0 Å². The summed E-state index contributed by atoms with van der Waals surface area (Å²) in [4.78, 5) is 21.4. The first-order valence-electron chi connectivity index (χ1n) is 4.44. The highest BCUT2D eigenvalue weighted by molar-refractivity contribution is 6.42. The molecule has 0 atom stereocenters. The lowest BCUT2D eigenvalue weighted by Crippen LogP contribution is -2.24. The molecule has 0 bridgehead atoms. The second-order valence-electron chi connectivity index (χ2n) is 3.05. The lowest BCUT2D eigenvalue weighted by Gasteiger charge is -2.06. The van der Waals surface area contributed by atoms with Gasteiger partial charge in [-0.3, -0.25) is 4.79 Å². The Hall–Kier alpha value is -1.26. The smallest absolute Gasteiger partial charge is 0.224 e. The molecule has 0 heterocycles. The number of carboxylic acid groups (broad SMARTS) is 1. The fourth-order valence-electron chi connectivity index (χ4n) is 1.01. The summed E-state index contributed by atoms with van der Waals surface area (Å²) in [7, 11) is 0. The molecule has 16 heavy (non-hydrogen) atoms. The molecule has 0 aliphatic carbocycles. The van der Waals surface area contributed by atoms with E-state index in [4.69, 9.17) is 23.2 Å². The van der Waals surface area contributed by atoms with Crippen molar-refractivity contribution in [1.29, 1.82) is 0 Å². The largest absolute Gasteiger partial charge is 0.550 e. The molecule has 1 amide bonds. The Morgan fingerprint density at radius 1 is 1.19 bits per heavy atom. The van der Waals surface area contributed by atoms with E-state index in [1.807, 2.05) is 0 Å². The first kappa shape index (κ1) is 12.8. The van der Waals surface area contributed by atoms with E-state index < -0.39 is 11.9 Å². The summed E-state index contributed by atoms with van der Waals surface area (Å²) in [5.74, 6) is -1.67. The zero-order chi connectivity index (χ0) is 12.1.